The van der Waals surface area contributed by atoms with Crippen LogP contribution >= 0.6 is 0 Å². The van der Waals surface area contributed by atoms with Gasteiger partial charge in [0.15, 0.2) is 0 Å². The van der Waals surface area contributed by atoms with Gasteiger partial charge in [-0.25, -0.2) is 0 Å². The molecule has 0 saturated carbocycles. The Morgan fingerprint density at radius 3 is 2.26 bits per heavy atom. The molecule has 0 unspecified atom stereocenters. The molecule has 2 aromatic rings. The molecule has 142 valence electrons. The second-order valence-corrected chi connectivity index (χ2v) is 7.04. The van der Waals surface area contributed by atoms with Crippen LogP contribution < -0.4 is 5.32 Å². The van der Waals surface area contributed by atoms with Crippen LogP contribution in [-0.2, 0) is 11.3 Å². The third-order valence-corrected chi connectivity index (χ3v) is 5.08. The Hall–Kier alpha value is -2.66. The fourth-order valence-corrected chi connectivity index (χ4v) is 3.62. The first-order valence-corrected chi connectivity index (χ1v) is 9.45. The minimum absolute atomic E-state index is 0.0960. The van der Waals surface area contributed by atoms with Gasteiger partial charge in [0.05, 0.1) is 0 Å². The van der Waals surface area contributed by atoms with Crippen molar-refractivity contribution in [2.75, 3.05) is 27.2 Å². The fraction of sp³-hybridized carbons (Fsp3) is 0.364. The minimum atomic E-state index is -0.303. The Balaban J connectivity index is 1.79. The van der Waals surface area contributed by atoms with E-state index in [2.05, 4.69) is 10.2 Å². The topological polar surface area (TPSA) is 52.7 Å². The van der Waals surface area contributed by atoms with E-state index in [9.17, 15) is 9.59 Å². The summed E-state index contributed by atoms with van der Waals surface area (Å²) >= 11 is 0. The summed E-state index contributed by atoms with van der Waals surface area (Å²) in [5.41, 5.74) is 2.72. The Labute approximate surface area is 161 Å². The van der Waals surface area contributed by atoms with Gasteiger partial charge in [0.25, 0.3) is 5.91 Å². The van der Waals surface area contributed by atoms with Crippen LogP contribution in [-0.4, -0.2) is 48.8 Å². The monoisotopic (exact) mass is 365 g/mol. The summed E-state index contributed by atoms with van der Waals surface area (Å²) in [5.74, 6) is 0.0736. The molecule has 1 aliphatic rings. The molecule has 2 aromatic carbocycles. The second-order valence-electron chi connectivity index (χ2n) is 7.04. The predicted molar refractivity (Wildman–Crippen MR) is 106 cm³/mol. The highest BCUT2D eigenvalue weighted by Crippen LogP contribution is 2.25. The lowest BCUT2D eigenvalue weighted by atomic mass is 10.0. The zero-order chi connectivity index (χ0) is 19.2. The summed E-state index contributed by atoms with van der Waals surface area (Å²) in [5, 5.41) is 2.63. The zero-order valence-electron chi connectivity index (χ0n) is 16.0. The summed E-state index contributed by atoms with van der Waals surface area (Å²) in [6.45, 7) is 2.32. The number of carbonyl (C=O) groups excluding carboxylic acids is 2. The molecule has 0 spiro atoms. The van der Waals surface area contributed by atoms with E-state index in [1.165, 1.54) is 0 Å². The van der Waals surface area contributed by atoms with Crippen molar-refractivity contribution >= 4 is 11.8 Å². The molecule has 3 rings (SSSR count). The van der Waals surface area contributed by atoms with Crippen molar-refractivity contribution in [2.45, 2.75) is 25.4 Å². The SMILES string of the molecule is CNC(=O)c1ccc(CN(C)[C@@H](C(=O)N2CCCC2)c2ccccc2)cc1. The molecule has 1 saturated heterocycles. The molecular formula is C22H27N3O2. The van der Waals surface area contributed by atoms with Crippen molar-refractivity contribution in [1.29, 1.82) is 0 Å². The van der Waals surface area contributed by atoms with Gasteiger partial charge in [-0.1, -0.05) is 42.5 Å². The number of nitrogens with zero attached hydrogens (tertiary/aromatic N) is 2. The largest absolute Gasteiger partial charge is 0.355 e. The van der Waals surface area contributed by atoms with Gasteiger partial charge in [-0.15, -0.1) is 0 Å². The van der Waals surface area contributed by atoms with E-state index >= 15 is 0 Å². The molecule has 1 aliphatic heterocycles. The molecule has 1 N–H and O–H groups in total. The average molecular weight is 365 g/mol. The van der Waals surface area contributed by atoms with Gasteiger partial charge >= 0.3 is 0 Å². The van der Waals surface area contributed by atoms with Crippen molar-refractivity contribution in [2.24, 2.45) is 0 Å². The molecule has 5 heteroatoms. The molecular weight excluding hydrogens is 338 g/mol. The van der Waals surface area contributed by atoms with Crippen molar-refractivity contribution in [1.82, 2.24) is 15.1 Å². The lowest BCUT2D eigenvalue weighted by Gasteiger charge is -2.31. The third kappa shape index (κ3) is 4.55. The normalized spacial score (nSPS) is 15.0. The number of rotatable bonds is 6. The summed E-state index contributed by atoms with van der Waals surface area (Å²) in [6, 6.07) is 17.2. The van der Waals surface area contributed by atoms with E-state index < -0.39 is 0 Å². The Bertz CT molecular complexity index is 768. The maximum atomic E-state index is 13.2. The molecule has 1 fully saturated rings. The Kier molecular flexibility index (Phi) is 6.24. The number of benzene rings is 2. The van der Waals surface area contributed by atoms with Crippen LogP contribution in [0.1, 0.15) is 40.4 Å². The van der Waals surface area contributed by atoms with Crippen LogP contribution in [0.15, 0.2) is 54.6 Å². The predicted octanol–water partition coefficient (Wildman–Crippen LogP) is 2.84. The average Bonchev–Trinajstić information content (AvgIpc) is 3.24. The molecule has 0 aromatic heterocycles. The van der Waals surface area contributed by atoms with Crippen molar-refractivity contribution in [3.05, 3.63) is 71.3 Å². The minimum Gasteiger partial charge on any atom is -0.355 e. The van der Waals surface area contributed by atoms with E-state index in [1.807, 2.05) is 66.5 Å². The van der Waals surface area contributed by atoms with Gasteiger partial charge < -0.3 is 10.2 Å². The van der Waals surface area contributed by atoms with Crippen LogP contribution in [0, 0.1) is 0 Å². The van der Waals surface area contributed by atoms with E-state index in [1.54, 1.807) is 7.05 Å². The first-order valence-electron chi connectivity index (χ1n) is 9.45. The van der Waals surface area contributed by atoms with Gasteiger partial charge in [-0.3, -0.25) is 14.5 Å². The quantitative estimate of drug-likeness (QED) is 0.856. The standard InChI is InChI=1S/C22H27N3O2/c1-23-21(26)19-12-10-17(11-13-19)16-24(2)20(18-8-4-3-5-9-18)22(27)25-14-6-7-15-25/h3-5,8-13,20H,6-7,14-16H2,1-2H3,(H,23,26)/t20-/m1/s1. The van der Waals surface area contributed by atoms with Crippen molar-refractivity contribution in [3.63, 3.8) is 0 Å². The summed E-state index contributed by atoms with van der Waals surface area (Å²) in [7, 11) is 3.61. The zero-order valence-corrected chi connectivity index (χ0v) is 16.0. The summed E-state index contributed by atoms with van der Waals surface area (Å²) in [6.07, 6.45) is 2.16. The lowest BCUT2D eigenvalue weighted by Crippen LogP contribution is -2.40. The summed E-state index contributed by atoms with van der Waals surface area (Å²) < 4.78 is 0. The molecule has 5 nitrogen and oxygen atoms in total. The molecule has 0 aliphatic carbocycles. The maximum Gasteiger partial charge on any atom is 0.251 e. The first-order chi connectivity index (χ1) is 13.1. The molecule has 2 amide bonds. The number of hydrogen-bond acceptors (Lipinski definition) is 3. The van der Waals surface area contributed by atoms with Crippen LogP contribution in [0.4, 0.5) is 0 Å². The van der Waals surface area contributed by atoms with Gasteiger partial charge in [0.2, 0.25) is 5.91 Å². The smallest absolute Gasteiger partial charge is 0.251 e. The van der Waals surface area contributed by atoms with E-state index in [0.717, 1.165) is 37.1 Å². The van der Waals surface area contributed by atoms with Crippen LogP contribution in [0.2, 0.25) is 0 Å². The Morgan fingerprint density at radius 2 is 1.67 bits per heavy atom. The number of likely N-dealkylation sites (tertiary alicyclic amines) is 1. The lowest BCUT2D eigenvalue weighted by molar-refractivity contribution is -0.136. The summed E-state index contributed by atoms with van der Waals surface area (Å²) in [4.78, 5) is 29.0. The number of nitrogens with one attached hydrogen (secondary N) is 1. The highest BCUT2D eigenvalue weighted by Gasteiger charge is 2.30. The molecule has 27 heavy (non-hydrogen) atoms. The van der Waals surface area contributed by atoms with Crippen LogP contribution in [0.3, 0.4) is 0 Å². The van der Waals surface area contributed by atoms with E-state index in [-0.39, 0.29) is 17.9 Å². The Morgan fingerprint density at radius 1 is 1.04 bits per heavy atom. The molecule has 1 atom stereocenters. The van der Waals surface area contributed by atoms with E-state index in [4.69, 9.17) is 0 Å². The van der Waals surface area contributed by atoms with Gasteiger partial charge in [0.1, 0.15) is 6.04 Å². The molecule has 0 bridgehead atoms. The number of likely N-dealkylation sites (N-methyl/N-ethyl adjacent to an activating group) is 1. The van der Waals surface area contributed by atoms with Gasteiger partial charge in [0, 0.05) is 32.2 Å². The highest BCUT2D eigenvalue weighted by molar-refractivity contribution is 5.93. The first kappa shape index (κ1) is 19.1. The van der Waals surface area contributed by atoms with Crippen LogP contribution in [0.5, 0.6) is 0 Å². The van der Waals surface area contributed by atoms with Crippen molar-refractivity contribution < 1.29 is 9.59 Å². The maximum absolute atomic E-state index is 13.2. The van der Waals surface area contributed by atoms with Crippen molar-refractivity contribution in [3.8, 4) is 0 Å². The number of amides is 2. The molecule has 0 radical (unpaired) electrons. The third-order valence-electron chi connectivity index (χ3n) is 5.08. The number of carbonyl (C=O) groups is 2. The number of hydrogen-bond donors (Lipinski definition) is 1. The van der Waals surface area contributed by atoms with E-state index in [0.29, 0.717) is 12.1 Å². The highest BCUT2D eigenvalue weighted by atomic mass is 16.2. The van der Waals surface area contributed by atoms with Gasteiger partial charge in [-0.2, -0.15) is 0 Å². The molecule has 1 heterocycles. The second kappa shape index (κ2) is 8.82. The fourth-order valence-electron chi connectivity index (χ4n) is 3.62. The van der Waals surface area contributed by atoms with Crippen LogP contribution in [0.25, 0.3) is 0 Å². The van der Waals surface area contributed by atoms with Gasteiger partial charge in [-0.05, 0) is 43.1 Å².